The van der Waals surface area contributed by atoms with Gasteiger partial charge in [-0.25, -0.2) is 0 Å². The van der Waals surface area contributed by atoms with E-state index in [1.807, 2.05) is 12.4 Å². The highest BCUT2D eigenvalue weighted by molar-refractivity contribution is 9.10. The monoisotopic (exact) mass is 320 g/mol. The van der Waals surface area contributed by atoms with Crippen LogP contribution in [0.1, 0.15) is 24.8 Å². The number of rotatable bonds is 6. The van der Waals surface area contributed by atoms with E-state index < -0.39 is 0 Å². The van der Waals surface area contributed by atoms with Crippen LogP contribution in [-0.2, 0) is 6.42 Å². The molecule has 0 spiro atoms. The van der Waals surface area contributed by atoms with Crippen molar-refractivity contribution in [2.45, 2.75) is 25.7 Å². The van der Waals surface area contributed by atoms with E-state index in [1.165, 1.54) is 42.1 Å². The van der Waals surface area contributed by atoms with Crippen LogP contribution in [0.15, 0.2) is 35.1 Å². The first-order chi connectivity index (χ1) is 9.16. The minimum atomic E-state index is 1.08. The average Bonchev–Trinajstić information content (AvgIpc) is 2.39. The molecule has 0 aliphatic rings. The summed E-state index contributed by atoms with van der Waals surface area (Å²) >= 11 is 3.57. The van der Waals surface area contributed by atoms with Crippen molar-refractivity contribution in [3.63, 3.8) is 0 Å². The third-order valence-corrected chi connectivity index (χ3v) is 3.98. The second-order valence-electron chi connectivity index (χ2n) is 5.29. The van der Waals surface area contributed by atoms with Crippen molar-refractivity contribution in [3.05, 3.63) is 40.6 Å². The third-order valence-electron chi connectivity index (χ3n) is 3.35. The molecule has 0 unspecified atom stereocenters. The Balaban J connectivity index is 1.92. The Bertz CT molecular complexity index is 537. The number of fused-ring (bicyclic) bond motifs is 1. The summed E-state index contributed by atoms with van der Waals surface area (Å²) in [5.74, 6) is 0. The van der Waals surface area contributed by atoms with E-state index in [1.54, 1.807) is 0 Å². The van der Waals surface area contributed by atoms with E-state index in [2.05, 4.69) is 58.1 Å². The van der Waals surface area contributed by atoms with Crippen LogP contribution in [0.4, 0.5) is 0 Å². The van der Waals surface area contributed by atoms with Gasteiger partial charge in [0.15, 0.2) is 0 Å². The summed E-state index contributed by atoms with van der Waals surface area (Å²) in [7, 11) is 4.27. The zero-order chi connectivity index (χ0) is 13.7. The van der Waals surface area contributed by atoms with Gasteiger partial charge < -0.3 is 4.90 Å². The van der Waals surface area contributed by atoms with E-state index in [4.69, 9.17) is 0 Å². The van der Waals surface area contributed by atoms with Gasteiger partial charge in [-0.2, -0.15) is 0 Å². The van der Waals surface area contributed by atoms with Gasteiger partial charge in [0.2, 0.25) is 0 Å². The lowest BCUT2D eigenvalue weighted by Crippen LogP contribution is -2.12. The van der Waals surface area contributed by atoms with Crippen molar-refractivity contribution in [1.82, 2.24) is 9.88 Å². The Morgan fingerprint density at radius 2 is 1.95 bits per heavy atom. The molecule has 0 bridgehead atoms. The molecule has 0 saturated heterocycles. The van der Waals surface area contributed by atoms with Crippen LogP contribution in [0.3, 0.4) is 0 Å². The molecule has 2 aromatic rings. The van der Waals surface area contributed by atoms with Crippen LogP contribution in [0.5, 0.6) is 0 Å². The lowest BCUT2D eigenvalue weighted by atomic mass is 10.0. The lowest BCUT2D eigenvalue weighted by Gasteiger charge is -2.09. The van der Waals surface area contributed by atoms with Gasteiger partial charge >= 0.3 is 0 Å². The standard InChI is InChI=1S/C16H21BrN2/c1-19(2)9-5-3-4-6-13-7-8-14-11-18-12-16(17)15(14)10-13/h7-8,10-12H,3-6,9H2,1-2H3. The molecule has 2 nitrogen and oxygen atoms in total. The highest BCUT2D eigenvalue weighted by Crippen LogP contribution is 2.24. The van der Waals surface area contributed by atoms with Gasteiger partial charge in [0.1, 0.15) is 0 Å². The molecular weight excluding hydrogens is 300 g/mol. The molecule has 1 heterocycles. The Labute approximate surface area is 124 Å². The number of benzene rings is 1. The number of unbranched alkanes of at least 4 members (excludes halogenated alkanes) is 2. The second kappa shape index (κ2) is 7.01. The lowest BCUT2D eigenvalue weighted by molar-refractivity contribution is 0.391. The zero-order valence-corrected chi connectivity index (χ0v) is 13.3. The van der Waals surface area contributed by atoms with Crippen molar-refractivity contribution in [3.8, 4) is 0 Å². The molecule has 1 aromatic heterocycles. The van der Waals surface area contributed by atoms with Crippen LogP contribution < -0.4 is 0 Å². The number of nitrogens with zero attached hydrogens (tertiary/aromatic N) is 2. The van der Waals surface area contributed by atoms with Gasteiger partial charge in [-0.3, -0.25) is 4.98 Å². The largest absolute Gasteiger partial charge is 0.309 e. The first-order valence-corrected chi connectivity index (χ1v) is 7.63. The Morgan fingerprint density at radius 1 is 1.11 bits per heavy atom. The highest BCUT2D eigenvalue weighted by Gasteiger charge is 2.01. The fourth-order valence-corrected chi connectivity index (χ4v) is 2.73. The molecule has 1 aromatic carbocycles. The van der Waals surface area contributed by atoms with E-state index in [-0.39, 0.29) is 0 Å². The Hall–Kier alpha value is -0.930. The summed E-state index contributed by atoms with van der Waals surface area (Å²) in [4.78, 5) is 6.44. The van der Waals surface area contributed by atoms with Gasteiger partial charge in [0, 0.05) is 22.3 Å². The fourth-order valence-electron chi connectivity index (χ4n) is 2.26. The molecule has 0 amide bonds. The van der Waals surface area contributed by atoms with E-state index in [9.17, 15) is 0 Å². The van der Waals surface area contributed by atoms with Gasteiger partial charge in [0.25, 0.3) is 0 Å². The van der Waals surface area contributed by atoms with Crippen molar-refractivity contribution in [1.29, 1.82) is 0 Å². The predicted octanol–water partition coefficient (Wildman–Crippen LogP) is 4.27. The van der Waals surface area contributed by atoms with Crippen LogP contribution in [0.2, 0.25) is 0 Å². The molecule has 0 aliphatic heterocycles. The maximum atomic E-state index is 4.19. The van der Waals surface area contributed by atoms with E-state index in [0.29, 0.717) is 0 Å². The Kier molecular flexibility index (Phi) is 5.34. The molecule has 0 saturated carbocycles. The van der Waals surface area contributed by atoms with Crippen molar-refractivity contribution in [2.75, 3.05) is 20.6 Å². The maximum Gasteiger partial charge on any atom is 0.0437 e. The molecule has 0 atom stereocenters. The number of aromatic nitrogens is 1. The molecule has 3 heteroatoms. The number of hydrogen-bond acceptors (Lipinski definition) is 2. The molecule has 0 aliphatic carbocycles. The van der Waals surface area contributed by atoms with Crippen molar-refractivity contribution < 1.29 is 0 Å². The topological polar surface area (TPSA) is 16.1 Å². The fraction of sp³-hybridized carbons (Fsp3) is 0.438. The van der Waals surface area contributed by atoms with Crippen molar-refractivity contribution in [2.24, 2.45) is 0 Å². The normalized spacial score (nSPS) is 11.4. The summed E-state index contributed by atoms with van der Waals surface area (Å²) in [6.45, 7) is 1.19. The summed E-state index contributed by atoms with van der Waals surface area (Å²) < 4.78 is 1.08. The van der Waals surface area contributed by atoms with Crippen LogP contribution in [-0.4, -0.2) is 30.5 Å². The average molecular weight is 321 g/mol. The second-order valence-corrected chi connectivity index (χ2v) is 6.15. The summed E-state index contributed by atoms with van der Waals surface area (Å²) in [6, 6.07) is 6.68. The van der Waals surface area contributed by atoms with Gasteiger partial charge in [-0.1, -0.05) is 18.6 Å². The van der Waals surface area contributed by atoms with Crippen LogP contribution in [0, 0.1) is 0 Å². The molecule has 102 valence electrons. The third kappa shape index (κ3) is 4.29. The SMILES string of the molecule is CN(C)CCCCCc1ccc2cncc(Br)c2c1. The molecule has 0 N–H and O–H groups in total. The molecular formula is C16H21BrN2. The summed E-state index contributed by atoms with van der Waals surface area (Å²) in [6.07, 6.45) is 8.80. The highest BCUT2D eigenvalue weighted by atomic mass is 79.9. The number of halogens is 1. The minimum Gasteiger partial charge on any atom is -0.309 e. The van der Waals surface area contributed by atoms with Gasteiger partial charge in [0.05, 0.1) is 0 Å². The number of pyridine rings is 1. The van der Waals surface area contributed by atoms with Crippen LogP contribution in [0.25, 0.3) is 10.8 Å². The van der Waals surface area contributed by atoms with Gasteiger partial charge in [-0.15, -0.1) is 0 Å². The predicted molar refractivity (Wildman–Crippen MR) is 85.6 cm³/mol. The van der Waals surface area contributed by atoms with E-state index in [0.717, 1.165) is 10.9 Å². The number of hydrogen-bond donors (Lipinski definition) is 0. The van der Waals surface area contributed by atoms with E-state index >= 15 is 0 Å². The first-order valence-electron chi connectivity index (χ1n) is 6.83. The molecule has 19 heavy (non-hydrogen) atoms. The molecule has 0 fully saturated rings. The Morgan fingerprint density at radius 3 is 2.74 bits per heavy atom. The van der Waals surface area contributed by atoms with Crippen molar-refractivity contribution >= 4 is 26.7 Å². The molecule has 0 radical (unpaired) electrons. The summed E-state index contributed by atoms with van der Waals surface area (Å²) in [5, 5.41) is 2.46. The first kappa shape index (κ1) is 14.5. The molecule has 2 rings (SSSR count). The smallest absolute Gasteiger partial charge is 0.0437 e. The van der Waals surface area contributed by atoms with Crippen LogP contribution >= 0.6 is 15.9 Å². The zero-order valence-electron chi connectivity index (χ0n) is 11.7. The quantitative estimate of drug-likeness (QED) is 0.739. The summed E-state index contributed by atoms with van der Waals surface area (Å²) in [5.41, 5.74) is 1.42. The van der Waals surface area contributed by atoms with Gasteiger partial charge in [-0.05, 0) is 72.8 Å². The minimum absolute atomic E-state index is 1.08. The maximum absolute atomic E-state index is 4.19. The number of aryl methyl sites for hydroxylation is 1.